The van der Waals surface area contributed by atoms with Gasteiger partial charge in [0.2, 0.25) is 17.7 Å². The van der Waals surface area contributed by atoms with E-state index < -0.39 is 5.91 Å². The van der Waals surface area contributed by atoms with Gasteiger partial charge in [-0.2, -0.15) is 0 Å². The highest BCUT2D eigenvalue weighted by Gasteiger charge is 2.11. The Kier molecular flexibility index (Phi) is 7.41. The van der Waals surface area contributed by atoms with Crippen molar-refractivity contribution < 1.29 is 19.2 Å². The summed E-state index contributed by atoms with van der Waals surface area (Å²) in [7, 11) is 0. The van der Waals surface area contributed by atoms with E-state index in [0.29, 0.717) is 17.9 Å². The van der Waals surface area contributed by atoms with E-state index in [1.165, 1.54) is 32.0 Å². The summed E-state index contributed by atoms with van der Waals surface area (Å²) in [4.78, 5) is 46.1. The minimum atomic E-state index is -0.486. The molecule has 0 aromatic heterocycles. The largest absolute Gasteiger partial charge is 0.355 e. The van der Waals surface area contributed by atoms with Gasteiger partial charge < -0.3 is 21.3 Å². The lowest BCUT2D eigenvalue weighted by atomic mass is 10.1. The van der Waals surface area contributed by atoms with Gasteiger partial charge in [0.1, 0.15) is 0 Å². The molecule has 0 fully saturated rings. The monoisotopic (exact) mass is 334 g/mol. The molecule has 24 heavy (non-hydrogen) atoms. The summed E-state index contributed by atoms with van der Waals surface area (Å²) in [6.45, 7) is 4.99. The molecule has 1 rings (SSSR count). The van der Waals surface area contributed by atoms with Crippen LogP contribution < -0.4 is 21.3 Å². The first-order chi connectivity index (χ1) is 11.3. The maximum absolute atomic E-state index is 12.2. The van der Waals surface area contributed by atoms with Gasteiger partial charge in [-0.25, -0.2) is 0 Å². The van der Waals surface area contributed by atoms with Crippen molar-refractivity contribution in [1.29, 1.82) is 0 Å². The quantitative estimate of drug-likeness (QED) is 0.592. The standard InChI is InChI=1S/C16H22N4O4/c1-4-5-17-15(23)9-18-16(24)12-6-13(19-10(2)21)8-14(7-12)20-11(3)22/h6-8H,4-5,9H2,1-3H3,(H,17,23)(H,18,24)(H,19,21)(H,20,22). The van der Waals surface area contributed by atoms with Crippen LogP contribution in [0.5, 0.6) is 0 Å². The van der Waals surface area contributed by atoms with Crippen LogP contribution in [-0.2, 0) is 14.4 Å². The van der Waals surface area contributed by atoms with Crippen LogP contribution in [0.4, 0.5) is 11.4 Å². The minimum Gasteiger partial charge on any atom is -0.355 e. The summed E-state index contributed by atoms with van der Waals surface area (Å²) in [5, 5.41) is 10.3. The van der Waals surface area contributed by atoms with Crippen molar-refractivity contribution in [3.8, 4) is 0 Å². The van der Waals surface area contributed by atoms with Crippen LogP contribution in [0, 0.1) is 0 Å². The number of carbonyl (C=O) groups is 4. The number of carbonyl (C=O) groups excluding carboxylic acids is 4. The Balaban J connectivity index is 2.86. The van der Waals surface area contributed by atoms with Crippen LogP contribution in [0.1, 0.15) is 37.6 Å². The zero-order valence-electron chi connectivity index (χ0n) is 14.0. The van der Waals surface area contributed by atoms with E-state index in [0.717, 1.165) is 6.42 Å². The third-order valence-electron chi connectivity index (χ3n) is 2.82. The van der Waals surface area contributed by atoms with Crippen LogP contribution in [0.3, 0.4) is 0 Å². The molecule has 0 aliphatic rings. The van der Waals surface area contributed by atoms with E-state index in [2.05, 4.69) is 21.3 Å². The van der Waals surface area contributed by atoms with Gasteiger partial charge >= 0.3 is 0 Å². The molecule has 0 unspecified atom stereocenters. The molecule has 0 aliphatic heterocycles. The minimum absolute atomic E-state index is 0.154. The maximum Gasteiger partial charge on any atom is 0.251 e. The molecule has 8 heteroatoms. The average Bonchev–Trinajstić information content (AvgIpc) is 2.48. The van der Waals surface area contributed by atoms with Crippen molar-refractivity contribution in [2.24, 2.45) is 0 Å². The highest BCUT2D eigenvalue weighted by atomic mass is 16.2. The van der Waals surface area contributed by atoms with Gasteiger partial charge in [-0.15, -0.1) is 0 Å². The van der Waals surface area contributed by atoms with Crippen molar-refractivity contribution in [2.75, 3.05) is 23.7 Å². The second kappa shape index (κ2) is 9.29. The Morgan fingerprint density at radius 1 is 0.875 bits per heavy atom. The Morgan fingerprint density at radius 3 is 1.88 bits per heavy atom. The lowest BCUT2D eigenvalue weighted by Gasteiger charge is -2.11. The number of hydrogen-bond acceptors (Lipinski definition) is 4. The third-order valence-corrected chi connectivity index (χ3v) is 2.82. The molecule has 0 spiro atoms. The van der Waals surface area contributed by atoms with E-state index in [4.69, 9.17) is 0 Å². The van der Waals surface area contributed by atoms with E-state index in [-0.39, 0.29) is 29.8 Å². The van der Waals surface area contributed by atoms with Gasteiger partial charge in [-0.05, 0) is 24.6 Å². The summed E-state index contributed by atoms with van der Waals surface area (Å²) in [6, 6.07) is 4.46. The van der Waals surface area contributed by atoms with E-state index in [9.17, 15) is 19.2 Å². The summed E-state index contributed by atoms with van der Waals surface area (Å²) in [5.74, 6) is -1.38. The van der Waals surface area contributed by atoms with Crippen LogP contribution in [0.25, 0.3) is 0 Å². The number of rotatable bonds is 7. The molecule has 4 N–H and O–H groups in total. The normalized spacial score (nSPS) is 9.79. The topological polar surface area (TPSA) is 116 Å². The van der Waals surface area contributed by atoms with Crippen molar-refractivity contribution in [3.63, 3.8) is 0 Å². The molecular weight excluding hydrogens is 312 g/mol. The zero-order valence-corrected chi connectivity index (χ0v) is 14.0. The first-order valence-corrected chi connectivity index (χ1v) is 7.57. The first kappa shape index (κ1) is 19.1. The Morgan fingerprint density at radius 2 is 1.42 bits per heavy atom. The highest BCUT2D eigenvalue weighted by molar-refractivity contribution is 6.01. The Bertz CT molecular complexity index is 609. The van der Waals surface area contributed by atoms with E-state index >= 15 is 0 Å². The first-order valence-electron chi connectivity index (χ1n) is 7.57. The molecule has 0 bridgehead atoms. The van der Waals surface area contributed by atoms with Gasteiger partial charge in [0.25, 0.3) is 5.91 Å². The molecule has 0 atom stereocenters. The molecule has 1 aromatic rings. The lowest BCUT2D eigenvalue weighted by Crippen LogP contribution is -2.37. The van der Waals surface area contributed by atoms with Crippen LogP contribution in [-0.4, -0.2) is 36.7 Å². The fraction of sp³-hybridized carbons (Fsp3) is 0.375. The molecule has 0 aliphatic carbocycles. The molecule has 0 saturated heterocycles. The van der Waals surface area contributed by atoms with Gasteiger partial charge in [0, 0.05) is 37.3 Å². The number of amides is 4. The van der Waals surface area contributed by atoms with Gasteiger partial charge in [0.15, 0.2) is 0 Å². The molecule has 0 radical (unpaired) electrons. The van der Waals surface area contributed by atoms with Crippen molar-refractivity contribution in [3.05, 3.63) is 23.8 Å². The molecular formula is C16H22N4O4. The van der Waals surface area contributed by atoms with Crippen molar-refractivity contribution in [1.82, 2.24) is 10.6 Å². The summed E-state index contributed by atoms with van der Waals surface area (Å²) in [6.07, 6.45) is 0.804. The molecule has 8 nitrogen and oxygen atoms in total. The Labute approximate surface area is 140 Å². The molecule has 4 amide bonds. The SMILES string of the molecule is CCCNC(=O)CNC(=O)c1cc(NC(C)=O)cc(NC(C)=O)c1. The third kappa shape index (κ3) is 6.91. The van der Waals surface area contributed by atoms with Crippen molar-refractivity contribution in [2.45, 2.75) is 27.2 Å². The lowest BCUT2D eigenvalue weighted by molar-refractivity contribution is -0.120. The molecule has 0 saturated carbocycles. The van der Waals surface area contributed by atoms with E-state index in [1.54, 1.807) is 0 Å². The summed E-state index contributed by atoms with van der Waals surface area (Å²) in [5.41, 5.74) is 0.956. The van der Waals surface area contributed by atoms with Crippen LogP contribution >= 0.6 is 0 Å². The predicted octanol–water partition coefficient (Wildman–Crippen LogP) is 0.859. The van der Waals surface area contributed by atoms with Crippen LogP contribution in [0.15, 0.2) is 18.2 Å². The molecule has 0 heterocycles. The second-order valence-corrected chi connectivity index (χ2v) is 5.19. The fourth-order valence-corrected chi connectivity index (χ4v) is 1.90. The second-order valence-electron chi connectivity index (χ2n) is 5.19. The van der Waals surface area contributed by atoms with E-state index in [1.807, 2.05) is 6.92 Å². The maximum atomic E-state index is 12.2. The fourth-order valence-electron chi connectivity index (χ4n) is 1.90. The van der Waals surface area contributed by atoms with Gasteiger partial charge in [-0.3, -0.25) is 19.2 Å². The van der Waals surface area contributed by atoms with Crippen molar-refractivity contribution >= 4 is 35.0 Å². The van der Waals surface area contributed by atoms with Gasteiger partial charge in [0.05, 0.1) is 6.54 Å². The van der Waals surface area contributed by atoms with Crippen LogP contribution in [0.2, 0.25) is 0 Å². The molecule has 1 aromatic carbocycles. The highest BCUT2D eigenvalue weighted by Crippen LogP contribution is 2.19. The molecule has 130 valence electrons. The van der Waals surface area contributed by atoms with Gasteiger partial charge in [-0.1, -0.05) is 6.92 Å². The number of nitrogens with one attached hydrogen (secondary N) is 4. The summed E-state index contributed by atoms with van der Waals surface area (Å²) < 4.78 is 0. The Hall–Kier alpha value is -2.90. The number of benzene rings is 1. The zero-order chi connectivity index (χ0) is 18.1. The smallest absolute Gasteiger partial charge is 0.251 e. The number of anilines is 2. The number of hydrogen-bond donors (Lipinski definition) is 4. The summed E-state index contributed by atoms with van der Waals surface area (Å²) >= 11 is 0. The predicted molar refractivity (Wildman–Crippen MR) is 90.7 cm³/mol. The average molecular weight is 334 g/mol.